The lowest BCUT2D eigenvalue weighted by atomic mass is 9.88. The molecular formula is C15H28N2O2. The molecule has 0 aromatic rings. The van der Waals surface area contributed by atoms with Crippen molar-refractivity contribution in [2.45, 2.75) is 71.9 Å². The maximum Gasteiger partial charge on any atom is 0.246 e. The van der Waals surface area contributed by atoms with Crippen LogP contribution in [-0.4, -0.2) is 34.8 Å². The van der Waals surface area contributed by atoms with Gasteiger partial charge in [0.25, 0.3) is 0 Å². The zero-order valence-electron chi connectivity index (χ0n) is 13.0. The minimum atomic E-state index is -0.681. The predicted octanol–water partition coefficient (Wildman–Crippen LogP) is 2.33. The maximum absolute atomic E-state index is 12.6. The first kappa shape index (κ1) is 16.0. The number of rotatable bonds is 6. The summed E-state index contributed by atoms with van der Waals surface area (Å²) in [6.45, 7) is 10.8. The summed E-state index contributed by atoms with van der Waals surface area (Å²) in [5.74, 6) is 0.482. The average Bonchev–Trinajstić information content (AvgIpc) is 2.35. The molecule has 1 N–H and O–H groups in total. The van der Waals surface area contributed by atoms with Crippen LogP contribution in [0.3, 0.4) is 0 Å². The summed E-state index contributed by atoms with van der Waals surface area (Å²) in [6, 6.07) is -0.344. The average molecular weight is 268 g/mol. The van der Waals surface area contributed by atoms with Crippen LogP contribution < -0.4 is 5.32 Å². The van der Waals surface area contributed by atoms with Crippen molar-refractivity contribution in [2.24, 2.45) is 5.92 Å². The zero-order valence-corrected chi connectivity index (χ0v) is 13.0. The second kappa shape index (κ2) is 6.40. The first-order chi connectivity index (χ1) is 8.86. The minimum Gasteiger partial charge on any atom is -0.342 e. The summed E-state index contributed by atoms with van der Waals surface area (Å²) in [7, 11) is 0. The monoisotopic (exact) mass is 268 g/mol. The molecule has 110 valence electrons. The molecule has 0 bridgehead atoms. The summed E-state index contributed by atoms with van der Waals surface area (Å²) < 4.78 is 0. The van der Waals surface area contributed by atoms with Gasteiger partial charge in [0.1, 0.15) is 11.6 Å². The van der Waals surface area contributed by atoms with Crippen LogP contribution in [0.25, 0.3) is 0 Å². The third-order valence-electron chi connectivity index (χ3n) is 4.09. The molecule has 2 atom stereocenters. The zero-order chi connectivity index (χ0) is 14.6. The summed E-state index contributed by atoms with van der Waals surface area (Å²) >= 11 is 0. The Morgan fingerprint density at radius 2 is 1.95 bits per heavy atom. The van der Waals surface area contributed by atoms with E-state index in [1.54, 1.807) is 0 Å². The molecular weight excluding hydrogens is 240 g/mol. The fraction of sp³-hybridized carbons (Fsp3) is 0.867. The molecule has 2 unspecified atom stereocenters. The van der Waals surface area contributed by atoms with Crippen LogP contribution in [0, 0.1) is 5.92 Å². The number of amides is 2. The van der Waals surface area contributed by atoms with Crippen LogP contribution in [-0.2, 0) is 9.59 Å². The maximum atomic E-state index is 12.6. The van der Waals surface area contributed by atoms with Gasteiger partial charge in [-0.25, -0.2) is 0 Å². The van der Waals surface area contributed by atoms with Crippen molar-refractivity contribution in [3.8, 4) is 0 Å². The Morgan fingerprint density at radius 3 is 2.42 bits per heavy atom. The van der Waals surface area contributed by atoms with Crippen molar-refractivity contribution in [1.82, 2.24) is 10.2 Å². The molecule has 1 fully saturated rings. The summed E-state index contributed by atoms with van der Waals surface area (Å²) in [6.07, 6.45) is 3.35. The van der Waals surface area contributed by atoms with Crippen molar-refractivity contribution in [3.05, 3.63) is 0 Å². The van der Waals surface area contributed by atoms with Gasteiger partial charge in [-0.05, 0) is 32.1 Å². The Morgan fingerprint density at radius 1 is 1.32 bits per heavy atom. The summed E-state index contributed by atoms with van der Waals surface area (Å²) in [4.78, 5) is 26.8. The Hall–Kier alpha value is -1.06. The van der Waals surface area contributed by atoms with E-state index in [0.717, 1.165) is 12.8 Å². The SMILES string of the molecule is CCCCN1C(=O)C(CC(C)C)NC(=O)C1(C)CC. The van der Waals surface area contributed by atoms with E-state index in [1.165, 1.54) is 0 Å². The van der Waals surface area contributed by atoms with Gasteiger partial charge in [0.15, 0.2) is 0 Å². The second-order valence-electron chi connectivity index (χ2n) is 6.13. The summed E-state index contributed by atoms with van der Waals surface area (Å²) in [5, 5.41) is 2.92. The molecule has 4 nitrogen and oxygen atoms in total. The van der Waals surface area contributed by atoms with Crippen LogP contribution in [0.2, 0.25) is 0 Å². The Bertz CT molecular complexity index is 341. The van der Waals surface area contributed by atoms with Crippen LogP contribution in [0.1, 0.15) is 60.3 Å². The highest BCUT2D eigenvalue weighted by Crippen LogP contribution is 2.27. The molecule has 19 heavy (non-hydrogen) atoms. The van der Waals surface area contributed by atoms with Gasteiger partial charge in [0.05, 0.1) is 0 Å². The van der Waals surface area contributed by atoms with Crippen molar-refractivity contribution >= 4 is 11.8 Å². The van der Waals surface area contributed by atoms with E-state index < -0.39 is 5.54 Å². The van der Waals surface area contributed by atoms with Gasteiger partial charge in [-0.1, -0.05) is 34.1 Å². The van der Waals surface area contributed by atoms with Crippen molar-refractivity contribution in [3.63, 3.8) is 0 Å². The van der Waals surface area contributed by atoms with Gasteiger partial charge < -0.3 is 10.2 Å². The molecule has 0 spiro atoms. The van der Waals surface area contributed by atoms with E-state index in [2.05, 4.69) is 26.1 Å². The molecule has 0 aliphatic carbocycles. The number of nitrogens with one attached hydrogen (secondary N) is 1. The number of nitrogens with zero attached hydrogens (tertiary/aromatic N) is 1. The molecule has 1 aliphatic rings. The van der Waals surface area contributed by atoms with Gasteiger partial charge in [0.2, 0.25) is 11.8 Å². The van der Waals surface area contributed by atoms with Crippen molar-refractivity contribution in [1.29, 1.82) is 0 Å². The number of hydrogen-bond donors (Lipinski definition) is 1. The Kier molecular flexibility index (Phi) is 5.39. The third kappa shape index (κ3) is 3.28. The molecule has 4 heteroatoms. The van der Waals surface area contributed by atoms with Gasteiger partial charge in [-0.3, -0.25) is 9.59 Å². The molecule has 1 heterocycles. The van der Waals surface area contributed by atoms with Crippen LogP contribution in [0.4, 0.5) is 0 Å². The fourth-order valence-corrected chi connectivity index (χ4v) is 2.59. The van der Waals surface area contributed by atoms with Crippen LogP contribution >= 0.6 is 0 Å². The lowest BCUT2D eigenvalue weighted by Crippen LogP contribution is -2.69. The highest BCUT2D eigenvalue weighted by Gasteiger charge is 2.47. The predicted molar refractivity (Wildman–Crippen MR) is 76.7 cm³/mol. The van der Waals surface area contributed by atoms with E-state index >= 15 is 0 Å². The van der Waals surface area contributed by atoms with Crippen LogP contribution in [0.5, 0.6) is 0 Å². The van der Waals surface area contributed by atoms with Crippen LogP contribution in [0.15, 0.2) is 0 Å². The highest BCUT2D eigenvalue weighted by atomic mass is 16.2. The number of unbranched alkanes of at least 4 members (excludes halogenated alkanes) is 1. The van der Waals surface area contributed by atoms with Crippen molar-refractivity contribution < 1.29 is 9.59 Å². The van der Waals surface area contributed by atoms with Gasteiger partial charge in [-0.15, -0.1) is 0 Å². The normalized spacial score (nSPS) is 27.9. The number of carbonyl (C=O) groups excluding carboxylic acids is 2. The molecule has 0 saturated carbocycles. The first-order valence-electron chi connectivity index (χ1n) is 7.49. The smallest absolute Gasteiger partial charge is 0.246 e. The van der Waals surface area contributed by atoms with Gasteiger partial charge in [0, 0.05) is 6.54 Å². The molecule has 1 saturated heterocycles. The molecule has 0 aromatic heterocycles. The lowest BCUT2D eigenvalue weighted by Gasteiger charge is -2.46. The molecule has 1 rings (SSSR count). The molecule has 0 radical (unpaired) electrons. The van der Waals surface area contributed by atoms with E-state index in [-0.39, 0.29) is 17.9 Å². The molecule has 0 aromatic carbocycles. The minimum absolute atomic E-state index is 0.00338. The molecule has 1 aliphatic heterocycles. The summed E-state index contributed by atoms with van der Waals surface area (Å²) in [5.41, 5.74) is -0.681. The van der Waals surface area contributed by atoms with E-state index in [9.17, 15) is 9.59 Å². The largest absolute Gasteiger partial charge is 0.342 e. The number of piperazine rings is 1. The van der Waals surface area contributed by atoms with E-state index in [1.807, 2.05) is 18.7 Å². The second-order valence-corrected chi connectivity index (χ2v) is 6.13. The standard InChI is InChI=1S/C15H28N2O2/c1-6-8-9-17-13(18)12(10-11(3)4)16-14(19)15(17,5)7-2/h11-12H,6-10H2,1-5H3,(H,16,19). The van der Waals surface area contributed by atoms with E-state index in [0.29, 0.717) is 25.3 Å². The number of carbonyl (C=O) groups is 2. The number of hydrogen-bond acceptors (Lipinski definition) is 2. The van der Waals surface area contributed by atoms with Gasteiger partial charge in [-0.2, -0.15) is 0 Å². The quantitative estimate of drug-likeness (QED) is 0.803. The Balaban J connectivity index is 2.95. The lowest BCUT2D eigenvalue weighted by molar-refractivity contribution is -0.157. The van der Waals surface area contributed by atoms with E-state index in [4.69, 9.17) is 0 Å². The highest BCUT2D eigenvalue weighted by molar-refractivity contribution is 5.99. The fourth-order valence-electron chi connectivity index (χ4n) is 2.59. The van der Waals surface area contributed by atoms with Crippen molar-refractivity contribution in [2.75, 3.05) is 6.54 Å². The first-order valence-corrected chi connectivity index (χ1v) is 7.49. The topological polar surface area (TPSA) is 49.4 Å². The molecule has 2 amide bonds. The Labute approximate surface area is 116 Å². The van der Waals surface area contributed by atoms with Gasteiger partial charge >= 0.3 is 0 Å². The third-order valence-corrected chi connectivity index (χ3v) is 4.09.